The quantitative estimate of drug-likeness (QED) is 0.806. The number of benzene rings is 1. The van der Waals surface area contributed by atoms with E-state index in [1.807, 2.05) is 0 Å². The van der Waals surface area contributed by atoms with Crippen LogP contribution in [0.2, 0.25) is 5.02 Å². The van der Waals surface area contributed by atoms with Gasteiger partial charge in [-0.25, -0.2) is 10.3 Å². The monoisotopic (exact) mass is 370 g/mol. The highest BCUT2D eigenvalue weighted by Gasteiger charge is 2.35. The minimum Gasteiger partial charge on any atom is -0.481 e. The maximum atomic E-state index is 12.0. The molecule has 0 spiro atoms. The van der Waals surface area contributed by atoms with E-state index in [0.717, 1.165) is 0 Å². The molecule has 1 atom stereocenters. The van der Waals surface area contributed by atoms with Crippen LogP contribution in [0.25, 0.3) is 0 Å². The van der Waals surface area contributed by atoms with Gasteiger partial charge >= 0.3 is 6.09 Å². The topological polar surface area (TPSA) is 77.1 Å². The summed E-state index contributed by atoms with van der Waals surface area (Å²) in [5.41, 5.74) is 1.82. The van der Waals surface area contributed by atoms with Crippen LogP contribution < -0.4 is 10.2 Å². The van der Waals surface area contributed by atoms with Gasteiger partial charge in [0, 0.05) is 5.02 Å². The average molecular weight is 371 g/mol. The van der Waals surface area contributed by atoms with Gasteiger partial charge in [0.25, 0.3) is 5.91 Å². The lowest BCUT2D eigenvalue weighted by Gasteiger charge is -2.38. The summed E-state index contributed by atoms with van der Waals surface area (Å²) in [5.74, 6) is 0.123. The molecule has 0 saturated carbocycles. The summed E-state index contributed by atoms with van der Waals surface area (Å²) in [6.45, 7) is 7.76. The van der Waals surface area contributed by atoms with Crippen LogP contribution in [0.3, 0.4) is 0 Å². The van der Waals surface area contributed by atoms with Gasteiger partial charge in [0.1, 0.15) is 17.5 Å². The Morgan fingerprint density at radius 2 is 1.84 bits per heavy atom. The summed E-state index contributed by atoms with van der Waals surface area (Å²) < 4.78 is 10.7. The van der Waals surface area contributed by atoms with Gasteiger partial charge in [-0.1, -0.05) is 11.6 Å². The predicted octanol–water partition coefficient (Wildman–Crippen LogP) is 2.77. The van der Waals surface area contributed by atoms with Crippen LogP contribution in [0.4, 0.5) is 4.79 Å². The van der Waals surface area contributed by atoms with E-state index in [9.17, 15) is 9.59 Å². The minimum atomic E-state index is -0.733. The Labute approximate surface area is 152 Å². The maximum Gasteiger partial charge on any atom is 0.410 e. The average Bonchev–Trinajstić information content (AvgIpc) is 2.45. The highest BCUT2D eigenvalue weighted by Crippen LogP contribution is 2.18. The molecule has 0 aromatic heterocycles. The molecule has 2 rings (SSSR count). The van der Waals surface area contributed by atoms with Crippen molar-refractivity contribution in [2.75, 3.05) is 13.1 Å². The van der Waals surface area contributed by atoms with Crippen molar-refractivity contribution in [2.24, 2.45) is 0 Å². The van der Waals surface area contributed by atoms with Gasteiger partial charge in [0.15, 0.2) is 6.10 Å². The van der Waals surface area contributed by atoms with Crippen LogP contribution in [0.1, 0.15) is 27.7 Å². The molecular formula is C17H23ClN2O5. The Hall–Kier alpha value is -1.99. The number of ether oxygens (including phenoxy) is 2. The Morgan fingerprint density at radius 1 is 1.24 bits per heavy atom. The van der Waals surface area contributed by atoms with Crippen molar-refractivity contribution >= 4 is 23.6 Å². The zero-order valence-electron chi connectivity index (χ0n) is 14.7. The van der Waals surface area contributed by atoms with Crippen LogP contribution >= 0.6 is 11.6 Å². The minimum absolute atomic E-state index is 0.265. The Balaban J connectivity index is 1.67. The molecule has 0 radical (unpaired) electrons. The van der Waals surface area contributed by atoms with Crippen LogP contribution in [-0.4, -0.2) is 47.8 Å². The molecule has 1 unspecified atom stereocenters. The molecule has 0 bridgehead atoms. The molecule has 0 aliphatic carbocycles. The van der Waals surface area contributed by atoms with E-state index in [0.29, 0.717) is 23.9 Å². The van der Waals surface area contributed by atoms with E-state index in [4.69, 9.17) is 25.9 Å². The fourth-order valence-corrected chi connectivity index (χ4v) is 2.11. The summed E-state index contributed by atoms with van der Waals surface area (Å²) in [6, 6.07) is 6.71. The largest absolute Gasteiger partial charge is 0.481 e. The van der Waals surface area contributed by atoms with E-state index in [1.165, 1.54) is 4.90 Å². The fourth-order valence-electron chi connectivity index (χ4n) is 1.98. The number of hydroxylamine groups is 1. The molecule has 138 valence electrons. The third-order valence-electron chi connectivity index (χ3n) is 3.32. The highest BCUT2D eigenvalue weighted by molar-refractivity contribution is 6.30. The number of hydrogen-bond acceptors (Lipinski definition) is 5. The highest BCUT2D eigenvalue weighted by atomic mass is 35.5. The van der Waals surface area contributed by atoms with E-state index in [2.05, 4.69) is 5.48 Å². The molecule has 1 saturated heterocycles. The molecule has 1 N–H and O–H groups in total. The van der Waals surface area contributed by atoms with Crippen molar-refractivity contribution in [2.45, 2.75) is 45.5 Å². The van der Waals surface area contributed by atoms with Crippen LogP contribution in [0.5, 0.6) is 5.75 Å². The van der Waals surface area contributed by atoms with Crippen LogP contribution in [0.15, 0.2) is 24.3 Å². The normalized spacial score (nSPS) is 16.0. The third kappa shape index (κ3) is 6.10. The Bertz CT molecular complexity index is 608. The lowest BCUT2D eigenvalue weighted by atomic mass is 10.2. The molecule has 7 nitrogen and oxygen atoms in total. The maximum absolute atomic E-state index is 12.0. The van der Waals surface area contributed by atoms with Crippen LogP contribution in [-0.2, 0) is 14.4 Å². The summed E-state index contributed by atoms with van der Waals surface area (Å²) >= 11 is 5.80. The molecule has 1 fully saturated rings. The second-order valence-electron chi connectivity index (χ2n) is 6.81. The standard InChI is InChI=1S/C17H23ClN2O5/c1-11(23-13-7-5-12(18)6-8-13)15(21)19-25-14-9-20(10-14)16(22)24-17(2,3)4/h5-8,11,14H,9-10H2,1-4H3,(H,19,21). The van der Waals surface area contributed by atoms with Crippen LogP contribution in [0, 0.1) is 0 Å². The molecule has 1 aliphatic rings. The van der Waals surface area contributed by atoms with E-state index < -0.39 is 23.7 Å². The van der Waals surface area contributed by atoms with E-state index in [-0.39, 0.29) is 6.10 Å². The third-order valence-corrected chi connectivity index (χ3v) is 3.57. The number of hydrogen-bond donors (Lipinski definition) is 1. The second kappa shape index (κ2) is 7.93. The van der Waals surface area contributed by atoms with Gasteiger partial charge in [0.05, 0.1) is 13.1 Å². The summed E-state index contributed by atoms with van der Waals surface area (Å²) in [7, 11) is 0. The van der Waals surface area contributed by atoms with Gasteiger partial charge < -0.3 is 14.4 Å². The molecule has 8 heteroatoms. The van der Waals surface area contributed by atoms with Crippen molar-refractivity contribution in [3.8, 4) is 5.75 Å². The van der Waals surface area contributed by atoms with Gasteiger partial charge in [-0.05, 0) is 52.0 Å². The summed E-state index contributed by atoms with van der Waals surface area (Å²) in [5, 5.41) is 0.590. The number of nitrogens with one attached hydrogen (secondary N) is 1. The Kier molecular flexibility index (Phi) is 6.13. The van der Waals surface area contributed by atoms with Crippen molar-refractivity contribution in [3.05, 3.63) is 29.3 Å². The molecule has 25 heavy (non-hydrogen) atoms. The number of likely N-dealkylation sites (tertiary alicyclic amines) is 1. The number of carbonyl (C=O) groups is 2. The first-order valence-corrected chi connectivity index (χ1v) is 8.37. The Morgan fingerprint density at radius 3 is 2.40 bits per heavy atom. The van der Waals surface area contributed by atoms with Gasteiger partial charge in [-0.3, -0.25) is 9.63 Å². The number of halogens is 1. The number of nitrogens with zero attached hydrogens (tertiary/aromatic N) is 1. The zero-order chi connectivity index (χ0) is 18.6. The van der Waals surface area contributed by atoms with E-state index >= 15 is 0 Å². The molecular weight excluding hydrogens is 348 g/mol. The molecule has 1 aromatic rings. The van der Waals surface area contributed by atoms with Gasteiger partial charge in [-0.15, -0.1) is 0 Å². The predicted molar refractivity (Wildman–Crippen MR) is 92.4 cm³/mol. The lowest BCUT2D eigenvalue weighted by molar-refractivity contribution is -0.153. The summed E-state index contributed by atoms with van der Waals surface area (Å²) in [4.78, 5) is 30.5. The SMILES string of the molecule is CC(Oc1ccc(Cl)cc1)C(=O)NOC1CN(C(=O)OC(C)(C)C)C1. The van der Waals surface area contributed by atoms with Crippen molar-refractivity contribution < 1.29 is 23.9 Å². The molecule has 1 aromatic carbocycles. The number of carbonyl (C=O) groups excluding carboxylic acids is 2. The first-order valence-electron chi connectivity index (χ1n) is 8.00. The van der Waals surface area contributed by atoms with Gasteiger partial charge in [0.2, 0.25) is 0 Å². The molecule has 2 amide bonds. The first kappa shape index (κ1) is 19.3. The first-order chi connectivity index (χ1) is 11.6. The smallest absolute Gasteiger partial charge is 0.410 e. The zero-order valence-corrected chi connectivity index (χ0v) is 15.5. The van der Waals surface area contributed by atoms with Crippen molar-refractivity contribution in [3.63, 3.8) is 0 Å². The number of amides is 2. The van der Waals surface area contributed by atoms with Crippen molar-refractivity contribution in [1.29, 1.82) is 0 Å². The van der Waals surface area contributed by atoms with Crippen molar-refractivity contribution in [1.82, 2.24) is 10.4 Å². The van der Waals surface area contributed by atoms with E-state index in [1.54, 1.807) is 52.0 Å². The molecule has 1 heterocycles. The second-order valence-corrected chi connectivity index (χ2v) is 7.24. The number of rotatable bonds is 5. The summed E-state index contributed by atoms with van der Waals surface area (Å²) in [6.07, 6.45) is -1.39. The molecule has 1 aliphatic heterocycles. The van der Waals surface area contributed by atoms with Gasteiger partial charge in [-0.2, -0.15) is 0 Å². The lowest BCUT2D eigenvalue weighted by Crippen LogP contribution is -2.58. The fraction of sp³-hybridized carbons (Fsp3) is 0.529.